The van der Waals surface area contributed by atoms with Crippen molar-refractivity contribution in [2.75, 3.05) is 19.3 Å². The zero-order valence-electron chi connectivity index (χ0n) is 11.7. The molecule has 6 heteroatoms. The zero-order valence-corrected chi connectivity index (χ0v) is 13.3. The molecule has 1 aromatic carbocycles. The van der Waals surface area contributed by atoms with Crippen LogP contribution < -0.4 is 0 Å². The highest BCUT2D eigenvalue weighted by Crippen LogP contribution is 2.27. The zero-order chi connectivity index (χ0) is 15.3. The molecule has 1 amide bonds. The van der Waals surface area contributed by atoms with Crippen LogP contribution in [0.4, 0.5) is 0 Å². The fraction of sp³-hybridized carbons (Fsp3) is 0.429. The summed E-state index contributed by atoms with van der Waals surface area (Å²) in [5.41, 5.74) is 0.557. The smallest absolute Gasteiger partial charge is 0.308 e. The number of hydrogen-bond acceptors (Lipinski definition) is 3. The van der Waals surface area contributed by atoms with E-state index in [9.17, 15) is 9.59 Å². The molecule has 0 aliphatic heterocycles. The molecule has 0 bridgehead atoms. The Labute approximate surface area is 128 Å². The van der Waals surface area contributed by atoms with E-state index in [4.69, 9.17) is 16.7 Å². The SMILES string of the molecule is CCSc1cc(Cl)ccc1C(=O)N(C)CC(C)C(=O)O. The minimum Gasteiger partial charge on any atom is -0.481 e. The molecular formula is C14H18ClNO3S. The highest BCUT2D eigenvalue weighted by atomic mass is 35.5. The molecule has 0 saturated heterocycles. The minimum absolute atomic E-state index is 0.174. The normalized spacial score (nSPS) is 12.0. The summed E-state index contributed by atoms with van der Waals surface area (Å²) in [5, 5.41) is 9.48. The van der Waals surface area contributed by atoms with E-state index in [1.54, 1.807) is 32.2 Å². The molecule has 0 fully saturated rings. The predicted molar refractivity (Wildman–Crippen MR) is 81.6 cm³/mol. The number of benzene rings is 1. The Kier molecular flexibility index (Phi) is 6.36. The van der Waals surface area contributed by atoms with E-state index in [0.29, 0.717) is 10.6 Å². The Morgan fingerprint density at radius 1 is 1.45 bits per heavy atom. The predicted octanol–water partition coefficient (Wildman–Crippen LogP) is 3.24. The number of carbonyl (C=O) groups is 2. The van der Waals surface area contributed by atoms with Crippen LogP contribution in [0.1, 0.15) is 24.2 Å². The van der Waals surface area contributed by atoms with E-state index in [1.807, 2.05) is 6.92 Å². The summed E-state index contributed by atoms with van der Waals surface area (Å²) in [7, 11) is 1.61. The number of carboxylic acids is 1. The van der Waals surface area contributed by atoms with Gasteiger partial charge in [0.05, 0.1) is 11.5 Å². The van der Waals surface area contributed by atoms with E-state index in [1.165, 1.54) is 16.7 Å². The molecule has 1 N–H and O–H groups in total. The summed E-state index contributed by atoms with van der Waals surface area (Å²) >= 11 is 7.49. The quantitative estimate of drug-likeness (QED) is 0.819. The Hall–Kier alpha value is -1.20. The Morgan fingerprint density at radius 3 is 2.65 bits per heavy atom. The molecule has 1 aromatic rings. The standard InChI is InChI=1S/C14H18ClNO3S/c1-4-20-12-7-10(15)5-6-11(12)13(17)16(3)8-9(2)14(18)19/h5-7,9H,4,8H2,1-3H3,(H,18,19). The monoisotopic (exact) mass is 315 g/mol. The van der Waals surface area contributed by atoms with Gasteiger partial charge in [0, 0.05) is 23.5 Å². The third-order valence-corrected chi connectivity index (χ3v) is 3.96. The number of carbonyl (C=O) groups excluding carboxylic acids is 1. The van der Waals surface area contributed by atoms with Crippen molar-refractivity contribution in [3.05, 3.63) is 28.8 Å². The highest BCUT2D eigenvalue weighted by Gasteiger charge is 2.20. The largest absolute Gasteiger partial charge is 0.481 e. The van der Waals surface area contributed by atoms with Gasteiger partial charge in [-0.1, -0.05) is 25.4 Å². The maximum atomic E-state index is 12.4. The maximum absolute atomic E-state index is 12.4. The van der Waals surface area contributed by atoms with E-state index in [0.717, 1.165) is 10.6 Å². The number of halogens is 1. The molecular weight excluding hydrogens is 298 g/mol. The molecule has 0 saturated carbocycles. The fourth-order valence-corrected chi connectivity index (χ4v) is 2.79. The lowest BCUT2D eigenvalue weighted by Crippen LogP contribution is -2.33. The number of amides is 1. The van der Waals surface area contributed by atoms with Crippen LogP contribution in [0, 0.1) is 5.92 Å². The first-order valence-corrected chi connectivity index (χ1v) is 7.63. The number of nitrogens with zero attached hydrogens (tertiary/aromatic N) is 1. The van der Waals surface area contributed by atoms with Crippen LogP contribution in [0.2, 0.25) is 5.02 Å². The van der Waals surface area contributed by atoms with Crippen LogP contribution in [0.25, 0.3) is 0 Å². The second-order valence-corrected chi connectivity index (χ2v) is 6.24. The van der Waals surface area contributed by atoms with E-state index < -0.39 is 11.9 Å². The molecule has 0 radical (unpaired) electrons. The topological polar surface area (TPSA) is 57.6 Å². The van der Waals surface area contributed by atoms with Gasteiger partial charge in [-0.15, -0.1) is 11.8 Å². The molecule has 4 nitrogen and oxygen atoms in total. The molecule has 0 aliphatic rings. The summed E-state index contributed by atoms with van der Waals surface area (Å²) in [4.78, 5) is 25.5. The van der Waals surface area contributed by atoms with Crippen LogP contribution in [0.5, 0.6) is 0 Å². The maximum Gasteiger partial charge on any atom is 0.308 e. The van der Waals surface area contributed by atoms with Gasteiger partial charge in [-0.25, -0.2) is 0 Å². The first-order chi connectivity index (χ1) is 9.36. The lowest BCUT2D eigenvalue weighted by molar-refractivity contribution is -0.141. The fourth-order valence-electron chi connectivity index (χ4n) is 1.73. The lowest BCUT2D eigenvalue weighted by atomic mass is 10.1. The van der Waals surface area contributed by atoms with Crippen LogP contribution in [-0.2, 0) is 4.79 Å². The second kappa shape index (κ2) is 7.55. The van der Waals surface area contributed by atoms with Crippen molar-refractivity contribution in [2.45, 2.75) is 18.7 Å². The van der Waals surface area contributed by atoms with Crippen LogP contribution in [0.15, 0.2) is 23.1 Å². The molecule has 1 rings (SSSR count). The number of rotatable bonds is 6. The molecule has 110 valence electrons. The van der Waals surface area contributed by atoms with Gasteiger partial charge in [0.2, 0.25) is 0 Å². The third-order valence-electron chi connectivity index (χ3n) is 2.79. The first-order valence-electron chi connectivity index (χ1n) is 6.27. The molecule has 0 heterocycles. The van der Waals surface area contributed by atoms with Gasteiger partial charge in [-0.2, -0.15) is 0 Å². The van der Waals surface area contributed by atoms with Gasteiger partial charge in [0.25, 0.3) is 5.91 Å². The molecule has 0 spiro atoms. The van der Waals surface area contributed by atoms with Gasteiger partial charge >= 0.3 is 5.97 Å². The summed E-state index contributed by atoms with van der Waals surface area (Å²) in [6, 6.07) is 5.12. The Bertz CT molecular complexity index is 507. The van der Waals surface area contributed by atoms with Crippen molar-refractivity contribution in [1.29, 1.82) is 0 Å². The van der Waals surface area contributed by atoms with Crippen LogP contribution in [-0.4, -0.2) is 41.2 Å². The van der Waals surface area contributed by atoms with Crippen LogP contribution in [0.3, 0.4) is 0 Å². The van der Waals surface area contributed by atoms with Crippen molar-refractivity contribution in [1.82, 2.24) is 4.90 Å². The van der Waals surface area contributed by atoms with E-state index >= 15 is 0 Å². The average molecular weight is 316 g/mol. The number of aliphatic carboxylic acids is 1. The average Bonchev–Trinajstić information content (AvgIpc) is 2.38. The second-order valence-electron chi connectivity index (χ2n) is 4.50. The van der Waals surface area contributed by atoms with Gasteiger partial charge in [0.1, 0.15) is 0 Å². The van der Waals surface area contributed by atoms with Crippen molar-refractivity contribution < 1.29 is 14.7 Å². The summed E-state index contributed by atoms with van der Waals surface area (Å²) in [5.74, 6) is -0.872. The van der Waals surface area contributed by atoms with Crippen molar-refractivity contribution in [2.24, 2.45) is 5.92 Å². The molecule has 0 aromatic heterocycles. The lowest BCUT2D eigenvalue weighted by Gasteiger charge is -2.21. The molecule has 1 unspecified atom stereocenters. The summed E-state index contributed by atoms with van der Waals surface area (Å²) in [6.45, 7) is 3.75. The van der Waals surface area contributed by atoms with E-state index in [2.05, 4.69) is 0 Å². The van der Waals surface area contributed by atoms with Gasteiger partial charge < -0.3 is 10.0 Å². The number of carboxylic acid groups (broad SMARTS) is 1. The molecule has 20 heavy (non-hydrogen) atoms. The Morgan fingerprint density at radius 2 is 2.10 bits per heavy atom. The highest BCUT2D eigenvalue weighted by molar-refractivity contribution is 7.99. The summed E-state index contributed by atoms with van der Waals surface area (Å²) < 4.78 is 0. The van der Waals surface area contributed by atoms with Crippen molar-refractivity contribution in [3.8, 4) is 0 Å². The van der Waals surface area contributed by atoms with Gasteiger partial charge in [-0.3, -0.25) is 9.59 Å². The first kappa shape index (κ1) is 16.9. The molecule has 0 aliphatic carbocycles. The van der Waals surface area contributed by atoms with Crippen molar-refractivity contribution >= 4 is 35.2 Å². The summed E-state index contributed by atoms with van der Waals surface area (Å²) in [6.07, 6.45) is 0. The number of thioether (sulfide) groups is 1. The number of hydrogen-bond donors (Lipinski definition) is 1. The Balaban J connectivity index is 2.93. The van der Waals surface area contributed by atoms with Crippen molar-refractivity contribution in [3.63, 3.8) is 0 Å². The van der Waals surface area contributed by atoms with Gasteiger partial charge in [0.15, 0.2) is 0 Å². The van der Waals surface area contributed by atoms with Gasteiger partial charge in [-0.05, 0) is 24.0 Å². The minimum atomic E-state index is -0.913. The van der Waals surface area contributed by atoms with Crippen LogP contribution >= 0.6 is 23.4 Å². The molecule has 1 atom stereocenters. The third kappa shape index (κ3) is 4.42. The van der Waals surface area contributed by atoms with E-state index in [-0.39, 0.29) is 12.5 Å².